The second-order valence-electron chi connectivity index (χ2n) is 9.53. The molecule has 0 N–H and O–H groups in total. The SMILES string of the molecule is Cc1ccccc1Cc1c(C)c(C#N)c2nc3ccccc3n2c1N1CCN(C(=O)c2ccco2)CC1. The molecule has 1 aliphatic heterocycles. The topological polar surface area (TPSA) is 77.8 Å². The van der Waals surface area contributed by atoms with Gasteiger partial charge >= 0.3 is 0 Å². The first-order chi connectivity index (χ1) is 18.1. The van der Waals surface area contributed by atoms with Gasteiger partial charge in [-0.25, -0.2) is 4.98 Å². The number of piperazine rings is 1. The Kier molecular flexibility index (Phi) is 5.65. The van der Waals surface area contributed by atoms with E-state index in [0.29, 0.717) is 49.6 Å². The minimum Gasteiger partial charge on any atom is -0.459 e. The van der Waals surface area contributed by atoms with E-state index in [1.165, 1.54) is 17.4 Å². The Labute approximate surface area is 215 Å². The molecule has 1 aliphatic rings. The summed E-state index contributed by atoms with van der Waals surface area (Å²) in [7, 11) is 0. The number of nitriles is 1. The largest absolute Gasteiger partial charge is 0.459 e. The minimum atomic E-state index is -0.0842. The number of pyridine rings is 1. The maximum absolute atomic E-state index is 12.9. The summed E-state index contributed by atoms with van der Waals surface area (Å²) < 4.78 is 7.50. The van der Waals surface area contributed by atoms with Gasteiger partial charge in [-0.15, -0.1) is 0 Å². The second-order valence-corrected chi connectivity index (χ2v) is 9.53. The van der Waals surface area contributed by atoms with Crippen LogP contribution in [0.3, 0.4) is 0 Å². The molecule has 2 aromatic carbocycles. The van der Waals surface area contributed by atoms with Gasteiger partial charge in [-0.3, -0.25) is 9.20 Å². The van der Waals surface area contributed by atoms with Gasteiger partial charge in [0, 0.05) is 38.2 Å². The Bertz CT molecular complexity index is 1670. The van der Waals surface area contributed by atoms with Crippen LogP contribution in [0, 0.1) is 25.2 Å². The summed E-state index contributed by atoms with van der Waals surface area (Å²) in [5.74, 6) is 1.33. The molecular weight excluding hydrogens is 462 g/mol. The number of carbonyl (C=O) groups is 1. The first kappa shape index (κ1) is 22.9. The minimum absolute atomic E-state index is 0.0842. The summed E-state index contributed by atoms with van der Waals surface area (Å²) in [5, 5.41) is 10.2. The van der Waals surface area contributed by atoms with Crippen LogP contribution in [0.4, 0.5) is 5.82 Å². The number of rotatable bonds is 4. The monoisotopic (exact) mass is 489 g/mol. The number of aryl methyl sites for hydroxylation is 1. The lowest BCUT2D eigenvalue weighted by molar-refractivity contribution is 0.0714. The van der Waals surface area contributed by atoms with E-state index in [2.05, 4.69) is 52.6 Å². The number of anilines is 1. The number of amides is 1. The number of hydrogen-bond donors (Lipinski definition) is 0. The molecule has 6 rings (SSSR count). The van der Waals surface area contributed by atoms with E-state index in [4.69, 9.17) is 9.40 Å². The van der Waals surface area contributed by atoms with Gasteiger partial charge in [0.2, 0.25) is 0 Å². The van der Waals surface area contributed by atoms with Crippen LogP contribution >= 0.6 is 0 Å². The molecule has 7 nitrogen and oxygen atoms in total. The molecule has 7 heteroatoms. The van der Waals surface area contributed by atoms with E-state index < -0.39 is 0 Å². The Morgan fingerprint density at radius 1 is 1.00 bits per heavy atom. The number of nitrogens with zero attached hydrogens (tertiary/aromatic N) is 5. The third-order valence-corrected chi connectivity index (χ3v) is 7.43. The molecule has 0 saturated carbocycles. The van der Waals surface area contributed by atoms with Gasteiger partial charge in [0.25, 0.3) is 5.91 Å². The fraction of sp³-hybridized carbons (Fsp3) is 0.233. The quantitative estimate of drug-likeness (QED) is 0.350. The summed E-state index contributed by atoms with van der Waals surface area (Å²) in [6, 6.07) is 22.3. The van der Waals surface area contributed by atoms with Crippen LogP contribution in [-0.4, -0.2) is 46.4 Å². The number of imidazole rings is 1. The van der Waals surface area contributed by atoms with Gasteiger partial charge in [0.05, 0.1) is 22.9 Å². The highest BCUT2D eigenvalue weighted by Gasteiger charge is 2.29. The number of benzene rings is 2. The van der Waals surface area contributed by atoms with Crippen LogP contribution in [-0.2, 0) is 6.42 Å². The molecule has 0 bridgehead atoms. The summed E-state index contributed by atoms with van der Waals surface area (Å²) in [5.41, 5.74) is 7.64. The van der Waals surface area contributed by atoms with Crippen LogP contribution in [0.15, 0.2) is 71.3 Å². The molecular formula is C30H27N5O2. The van der Waals surface area contributed by atoms with E-state index >= 15 is 0 Å². The fourth-order valence-electron chi connectivity index (χ4n) is 5.38. The maximum Gasteiger partial charge on any atom is 0.289 e. The average molecular weight is 490 g/mol. The molecule has 0 aliphatic carbocycles. The van der Waals surface area contributed by atoms with Gasteiger partial charge in [0.15, 0.2) is 11.4 Å². The van der Waals surface area contributed by atoms with Crippen LogP contribution in [0.5, 0.6) is 0 Å². The van der Waals surface area contributed by atoms with Crippen molar-refractivity contribution < 1.29 is 9.21 Å². The lowest BCUT2D eigenvalue weighted by Crippen LogP contribution is -2.49. The smallest absolute Gasteiger partial charge is 0.289 e. The van der Waals surface area contributed by atoms with Crippen molar-refractivity contribution in [2.75, 3.05) is 31.1 Å². The molecule has 1 saturated heterocycles. The van der Waals surface area contributed by atoms with Gasteiger partial charge in [-0.05, 0) is 54.8 Å². The molecule has 0 radical (unpaired) electrons. The lowest BCUT2D eigenvalue weighted by Gasteiger charge is -2.37. The van der Waals surface area contributed by atoms with Crippen molar-refractivity contribution in [2.45, 2.75) is 20.3 Å². The van der Waals surface area contributed by atoms with Crippen molar-refractivity contribution in [1.82, 2.24) is 14.3 Å². The Morgan fingerprint density at radius 2 is 1.76 bits per heavy atom. The van der Waals surface area contributed by atoms with Crippen molar-refractivity contribution in [3.8, 4) is 6.07 Å². The van der Waals surface area contributed by atoms with Gasteiger partial charge in [-0.2, -0.15) is 5.26 Å². The first-order valence-electron chi connectivity index (χ1n) is 12.5. The van der Waals surface area contributed by atoms with Crippen molar-refractivity contribution in [1.29, 1.82) is 5.26 Å². The second kappa shape index (κ2) is 9.14. The summed E-state index contributed by atoms with van der Waals surface area (Å²) in [6.07, 6.45) is 2.23. The predicted octanol–water partition coefficient (Wildman–Crippen LogP) is 5.12. The average Bonchev–Trinajstić information content (AvgIpc) is 3.59. The lowest BCUT2D eigenvalue weighted by atomic mass is 9.95. The number of furan rings is 1. The van der Waals surface area contributed by atoms with E-state index in [9.17, 15) is 10.1 Å². The van der Waals surface area contributed by atoms with Crippen molar-refractivity contribution in [2.24, 2.45) is 0 Å². The molecule has 37 heavy (non-hydrogen) atoms. The van der Waals surface area contributed by atoms with E-state index in [1.54, 1.807) is 12.1 Å². The molecule has 0 spiro atoms. The van der Waals surface area contributed by atoms with Crippen molar-refractivity contribution in [3.63, 3.8) is 0 Å². The van der Waals surface area contributed by atoms with Crippen LogP contribution in [0.1, 0.15) is 38.4 Å². The molecule has 3 aromatic heterocycles. The number of aromatic nitrogens is 2. The third kappa shape index (κ3) is 3.82. The highest BCUT2D eigenvalue weighted by Crippen LogP contribution is 2.35. The fourth-order valence-corrected chi connectivity index (χ4v) is 5.38. The zero-order valence-electron chi connectivity index (χ0n) is 20.9. The van der Waals surface area contributed by atoms with Crippen LogP contribution in [0.25, 0.3) is 16.7 Å². The van der Waals surface area contributed by atoms with Crippen LogP contribution in [0.2, 0.25) is 0 Å². The normalized spacial score (nSPS) is 13.9. The summed E-state index contributed by atoms with van der Waals surface area (Å²) in [4.78, 5) is 22.0. The zero-order valence-corrected chi connectivity index (χ0v) is 20.9. The molecule has 0 unspecified atom stereocenters. The molecule has 5 aromatic rings. The van der Waals surface area contributed by atoms with E-state index in [1.807, 2.05) is 30.0 Å². The summed E-state index contributed by atoms with van der Waals surface area (Å²) >= 11 is 0. The van der Waals surface area contributed by atoms with Crippen molar-refractivity contribution in [3.05, 3.63) is 101 Å². The Hall–Kier alpha value is -4.57. The number of carbonyl (C=O) groups excluding carboxylic acids is 1. The van der Waals surface area contributed by atoms with Gasteiger partial charge in [0.1, 0.15) is 11.9 Å². The standard InChI is InChI=1S/C30H27N5O2/c1-20-8-3-4-9-22(20)18-23-21(2)24(19-31)28-32-25-10-5-6-11-26(25)35(28)29(23)33-13-15-34(16-14-33)30(36)27-12-7-17-37-27/h3-12,17H,13-16,18H2,1-2H3. The molecule has 4 heterocycles. The summed E-state index contributed by atoms with van der Waals surface area (Å²) in [6.45, 7) is 6.65. The Balaban J connectivity index is 1.50. The molecule has 0 atom stereocenters. The number of fused-ring (bicyclic) bond motifs is 3. The molecule has 1 fully saturated rings. The molecule has 184 valence electrons. The number of hydrogen-bond acceptors (Lipinski definition) is 5. The van der Waals surface area contributed by atoms with Gasteiger partial charge in [-0.1, -0.05) is 36.4 Å². The maximum atomic E-state index is 12.9. The predicted molar refractivity (Wildman–Crippen MR) is 143 cm³/mol. The van der Waals surface area contributed by atoms with Crippen molar-refractivity contribution >= 4 is 28.4 Å². The van der Waals surface area contributed by atoms with E-state index in [0.717, 1.165) is 28.0 Å². The molecule has 1 amide bonds. The third-order valence-electron chi connectivity index (χ3n) is 7.43. The zero-order chi connectivity index (χ0) is 25.5. The van der Waals surface area contributed by atoms with Gasteiger partial charge < -0.3 is 14.2 Å². The highest BCUT2D eigenvalue weighted by molar-refractivity contribution is 5.91. The van der Waals surface area contributed by atoms with Crippen LogP contribution < -0.4 is 4.90 Å². The Morgan fingerprint density at radius 3 is 2.49 bits per heavy atom. The van der Waals surface area contributed by atoms with E-state index in [-0.39, 0.29) is 5.91 Å². The first-order valence-corrected chi connectivity index (χ1v) is 12.5. The highest BCUT2D eigenvalue weighted by atomic mass is 16.3. The number of para-hydroxylation sites is 2.